The largest absolute Gasteiger partial charge is 0.507 e. The molecule has 0 spiro atoms. The van der Waals surface area contributed by atoms with E-state index in [1.165, 1.54) is 25.3 Å². The van der Waals surface area contributed by atoms with E-state index >= 15 is 0 Å². The lowest BCUT2D eigenvalue weighted by Crippen LogP contribution is -2.38. The summed E-state index contributed by atoms with van der Waals surface area (Å²) in [5.74, 6) is 0.424. The first-order valence-electron chi connectivity index (χ1n) is 9.59. The minimum atomic E-state index is -0.386. The van der Waals surface area contributed by atoms with Gasteiger partial charge in [-0.15, -0.1) is 0 Å². The number of anilines is 1. The number of aliphatic hydroxyl groups is 1. The standard InChI is InChI=1S/C23H24ClNO5S/c1-23(2)10-11-25(22(28)31)17-13-16(24)20(12-15(17)23)30-21(27)9-4-6-14-18(26)7-5-8-19(14)29-3/h4-9,12-13,26-27H,10-11H2,1-3H3,(H,28,31)/b6-4+,21-9+. The molecule has 164 valence electrons. The molecule has 0 bridgehead atoms. The number of thiol groups is 1. The van der Waals surface area contributed by atoms with Gasteiger partial charge in [-0.2, -0.15) is 0 Å². The van der Waals surface area contributed by atoms with Gasteiger partial charge in [0.25, 0.3) is 11.2 Å². The molecule has 1 aliphatic rings. The number of halogens is 1. The predicted octanol–water partition coefficient (Wildman–Crippen LogP) is 6.08. The fourth-order valence-corrected chi connectivity index (χ4v) is 3.89. The number of fused-ring (bicyclic) bond motifs is 1. The normalized spacial score (nSPS) is 15.6. The molecule has 6 nitrogen and oxygen atoms in total. The SMILES string of the molecule is COc1cccc(O)c1/C=C/C=C(\O)Oc1cc2c(cc1Cl)N(C(=O)S)CCC2(C)C. The Labute approximate surface area is 191 Å². The maximum Gasteiger partial charge on any atom is 0.282 e. The van der Waals surface area contributed by atoms with Gasteiger partial charge in [-0.25, -0.2) is 0 Å². The van der Waals surface area contributed by atoms with Crippen LogP contribution in [0.1, 0.15) is 31.4 Å². The number of rotatable bonds is 5. The van der Waals surface area contributed by atoms with Crippen LogP contribution in [0, 0.1) is 0 Å². The van der Waals surface area contributed by atoms with Crippen LogP contribution in [0.5, 0.6) is 17.2 Å². The van der Waals surface area contributed by atoms with Gasteiger partial charge in [0.2, 0.25) is 0 Å². The third-order valence-electron chi connectivity index (χ3n) is 5.24. The summed E-state index contributed by atoms with van der Waals surface area (Å²) in [6, 6.07) is 8.31. The molecule has 0 saturated heterocycles. The Bertz CT molecular complexity index is 1060. The van der Waals surface area contributed by atoms with Gasteiger partial charge in [0.05, 0.1) is 17.7 Å². The molecule has 0 aromatic heterocycles. The zero-order valence-corrected chi connectivity index (χ0v) is 19.1. The van der Waals surface area contributed by atoms with Crippen molar-refractivity contribution in [1.29, 1.82) is 0 Å². The van der Waals surface area contributed by atoms with E-state index in [0.29, 0.717) is 23.5 Å². The molecule has 0 aliphatic carbocycles. The molecular weight excluding hydrogens is 438 g/mol. The molecular formula is C23H24ClNO5S. The third-order valence-corrected chi connectivity index (χ3v) is 5.78. The van der Waals surface area contributed by atoms with Gasteiger partial charge in [0, 0.05) is 18.3 Å². The lowest BCUT2D eigenvalue weighted by molar-refractivity contribution is 0.208. The van der Waals surface area contributed by atoms with Gasteiger partial charge >= 0.3 is 0 Å². The third kappa shape index (κ3) is 4.94. The Hall–Kier alpha value is -2.77. The van der Waals surface area contributed by atoms with Crippen LogP contribution in [0.2, 0.25) is 5.02 Å². The Morgan fingerprint density at radius 3 is 2.71 bits per heavy atom. The summed E-state index contributed by atoms with van der Waals surface area (Å²) < 4.78 is 10.8. The van der Waals surface area contributed by atoms with Crippen LogP contribution in [0.4, 0.5) is 10.5 Å². The number of aliphatic hydroxyl groups excluding tert-OH is 1. The zero-order valence-electron chi connectivity index (χ0n) is 17.4. The second kappa shape index (κ2) is 9.16. The van der Waals surface area contributed by atoms with Crippen LogP contribution in [0.25, 0.3) is 6.08 Å². The van der Waals surface area contributed by atoms with Gasteiger partial charge in [0.1, 0.15) is 17.2 Å². The lowest BCUT2D eigenvalue weighted by Gasteiger charge is -2.38. The molecule has 0 radical (unpaired) electrons. The van der Waals surface area contributed by atoms with Crippen LogP contribution in [0.15, 0.2) is 48.4 Å². The molecule has 0 saturated carbocycles. The summed E-state index contributed by atoms with van der Waals surface area (Å²) in [6.45, 7) is 4.69. The van der Waals surface area contributed by atoms with Crippen molar-refractivity contribution in [2.24, 2.45) is 0 Å². The summed E-state index contributed by atoms with van der Waals surface area (Å²) in [4.78, 5) is 13.5. The second-order valence-corrected chi connectivity index (χ2v) is 8.52. The molecule has 1 aliphatic heterocycles. The van der Waals surface area contributed by atoms with Crippen LogP contribution in [-0.4, -0.2) is 29.1 Å². The van der Waals surface area contributed by atoms with Gasteiger partial charge in [-0.05, 0) is 47.7 Å². The van der Waals surface area contributed by atoms with Gasteiger partial charge in [0.15, 0.2) is 0 Å². The Morgan fingerprint density at radius 2 is 2.03 bits per heavy atom. The first-order valence-corrected chi connectivity index (χ1v) is 10.4. The van der Waals surface area contributed by atoms with E-state index < -0.39 is 0 Å². The minimum Gasteiger partial charge on any atom is -0.507 e. The van der Waals surface area contributed by atoms with E-state index in [-0.39, 0.29) is 33.1 Å². The molecule has 3 rings (SSSR count). The summed E-state index contributed by atoms with van der Waals surface area (Å²) in [5, 5.41) is 20.1. The van der Waals surface area contributed by atoms with E-state index in [9.17, 15) is 15.0 Å². The number of phenols is 1. The molecule has 1 heterocycles. The lowest BCUT2D eigenvalue weighted by atomic mass is 9.77. The number of phenolic OH excluding ortho intramolecular Hbond substituents is 1. The molecule has 0 fully saturated rings. The van der Waals surface area contributed by atoms with Crippen molar-refractivity contribution in [1.82, 2.24) is 0 Å². The molecule has 0 atom stereocenters. The van der Waals surface area contributed by atoms with E-state index in [4.69, 9.17) is 21.1 Å². The van der Waals surface area contributed by atoms with Gasteiger partial charge in [-0.1, -0.05) is 50.2 Å². The summed E-state index contributed by atoms with van der Waals surface area (Å²) in [7, 11) is 1.50. The predicted molar refractivity (Wildman–Crippen MR) is 126 cm³/mol. The van der Waals surface area contributed by atoms with Crippen molar-refractivity contribution in [3.63, 3.8) is 0 Å². The Morgan fingerprint density at radius 1 is 1.29 bits per heavy atom. The number of methoxy groups -OCH3 is 1. The summed E-state index contributed by atoms with van der Waals surface area (Å²) in [5.41, 5.74) is 1.82. The Kier molecular flexibility index (Phi) is 6.77. The fourth-order valence-electron chi connectivity index (χ4n) is 3.48. The molecule has 0 unspecified atom stereocenters. The van der Waals surface area contributed by atoms with Crippen molar-refractivity contribution < 1.29 is 24.5 Å². The molecule has 2 aromatic carbocycles. The highest BCUT2D eigenvalue weighted by molar-refractivity contribution is 7.96. The maximum absolute atomic E-state index is 11.9. The molecule has 31 heavy (non-hydrogen) atoms. The topological polar surface area (TPSA) is 79.2 Å². The summed E-state index contributed by atoms with van der Waals surface area (Å²) >= 11 is 10.3. The van der Waals surface area contributed by atoms with Gasteiger partial charge in [-0.3, -0.25) is 4.79 Å². The number of nitrogens with zero attached hydrogens (tertiary/aromatic N) is 1. The average Bonchev–Trinajstić information content (AvgIpc) is 2.70. The zero-order chi connectivity index (χ0) is 22.8. The highest BCUT2D eigenvalue weighted by Crippen LogP contribution is 2.44. The first-order chi connectivity index (χ1) is 14.6. The van der Waals surface area contributed by atoms with Crippen molar-refractivity contribution in [2.75, 3.05) is 18.6 Å². The quantitative estimate of drug-likeness (QED) is 0.285. The number of carbonyl (C=O) groups excluding carboxylic acids is 1. The average molecular weight is 462 g/mol. The maximum atomic E-state index is 11.9. The second-order valence-electron chi connectivity index (χ2n) is 7.73. The van der Waals surface area contributed by atoms with E-state index in [1.807, 2.05) is 0 Å². The van der Waals surface area contributed by atoms with E-state index in [0.717, 1.165) is 12.0 Å². The number of aromatic hydroxyl groups is 1. The highest BCUT2D eigenvalue weighted by atomic mass is 35.5. The summed E-state index contributed by atoms with van der Waals surface area (Å²) in [6.07, 6.45) is 5.18. The number of allylic oxidation sites excluding steroid dienone is 2. The number of amides is 1. The van der Waals surface area contributed by atoms with Crippen molar-refractivity contribution in [3.8, 4) is 17.2 Å². The van der Waals surface area contributed by atoms with Crippen LogP contribution in [0.3, 0.4) is 0 Å². The van der Waals surface area contributed by atoms with Gasteiger partial charge < -0.3 is 24.6 Å². The number of hydrogen-bond donors (Lipinski definition) is 3. The van der Waals surface area contributed by atoms with E-state index in [1.54, 1.807) is 35.2 Å². The van der Waals surface area contributed by atoms with Crippen LogP contribution in [-0.2, 0) is 5.41 Å². The van der Waals surface area contributed by atoms with Crippen molar-refractivity contribution >= 4 is 41.2 Å². The number of ether oxygens (including phenoxy) is 2. The number of benzene rings is 2. The van der Waals surface area contributed by atoms with E-state index in [2.05, 4.69) is 26.5 Å². The minimum absolute atomic E-state index is 0.0488. The molecule has 1 amide bonds. The fraction of sp³-hybridized carbons (Fsp3) is 0.261. The molecule has 2 aromatic rings. The molecule has 8 heteroatoms. The van der Waals surface area contributed by atoms with Crippen molar-refractivity contribution in [2.45, 2.75) is 25.7 Å². The van der Waals surface area contributed by atoms with Crippen LogP contribution >= 0.6 is 24.2 Å². The van der Waals surface area contributed by atoms with Crippen LogP contribution < -0.4 is 14.4 Å². The highest BCUT2D eigenvalue weighted by Gasteiger charge is 2.34. The van der Waals surface area contributed by atoms with Crippen molar-refractivity contribution in [3.05, 3.63) is 64.6 Å². The smallest absolute Gasteiger partial charge is 0.282 e. The first kappa shape index (κ1) is 22.9. The monoisotopic (exact) mass is 461 g/mol. The number of hydrogen-bond acceptors (Lipinski definition) is 5. The Balaban J connectivity index is 1.87. The number of carbonyl (C=O) groups is 1. The molecule has 2 N–H and O–H groups in total.